The van der Waals surface area contributed by atoms with E-state index < -0.39 is 11.9 Å². The highest BCUT2D eigenvalue weighted by molar-refractivity contribution is 6.31. The SMILES string of the molecule is CCOC(=O)C1=C(N)Oc2cc(C)n(Cc3ccc4c(c3)OCO4)c(=O)c2[C@H]1c1ccccc1Cl. The number of esters is 1. The van der Waals surface area contributed by atoms with Crippen LogP contribution in [-0.4, -0.2) is 23.9 Å². The average Bonchev–Trinajstić information content (AvgIpc) is 3.29. The molecule has 0 fully saturated rings. The first-order valence-electron chi connectivity index (χ1n) is 11.1. The Morgan fingerprint density at radius 1 is 1.14 bits per heavy atom. The van der Waals surface area contributed by atoms with Crippen molar-refractivity contribution in [3.8, 4) is 17.2 Å². The van der Waals surface area contributed by atoms with Gasteiger partial charge in [-0.3, -0.25) is 4.79 Å². The standard InChI is InChI=1S/C26H23ClN2O6/c1-3-32-26(31)23-21(16-6-4-5-7-17(16)27)22-20(35-24(23)28)10-14(2)29(25(22)30)12-15-8-9-18-19(11-15)34-13-33-18/h4-11,21H,3,12-13,28H2,1-2H3/t21-/m1/s1. The van der Waals surface area contributed by atoms with Crippen LogP contribution in [0.25, 0.3) is 0 Å². The number of nitrogens with zero attached hydrogens (tertiary/aromatic N) is 1. The van der Waals surface area contributed by atoms with Crippen LogP contribution in [0.3, 0.4) is 0 Å². The van der Waals surface area contributed by atoms with E-state index in [2.05, 4.69) is 0 Å². The molecule has 9 heteroatoms. The average molecular weight is 495 g/mol. The number of ether oxygens (including phenoxy) is 4. The first-order valence-corrected chi connectivity index (χ1v) is 11.5. The van der Waals surface area contributed by atoms with Crippen molar-refractivity contribution in [3.05, 3.63) is 97.7 Å². The molecule has 0 saturated carbocycles. The molecular formula is C26H23ClN2O6. The normalized spacial score (nSPS) is 16.0. The minimum Gasteiger partial charge on any atom is -0.462 e. The third-order valence-electron chi connectivity index (χ3n) is 6.06. The van der Waals surface area contributed by atoms with Gasteiger partial charge in [-0.25, -0.2) is 4.79 Å². The van der Waals surface area contributed by atoms with Gasteiger partial charge in [-0.15, -0.1) is 0 Å². The van der Waals surface area contributed by atoms with Crippen LogP contribution in [0.5, 0.6) is 17.2 Å². The molecule has 0 bridgehead atoms. The Bertz CT molecular complexity index is 1430. The fraction of sp³-hybridized carbons (Fsp3) is 0.231. The number of hydrogen-bond donors (Lipinski definition) is 1. The number of rotatable bonds is 5. The molecular weight excluding hydrogens is 472 g/mol. The van der Waals surface area contributed by atoms with E-state index in [-0.39, 0.29) is 48.3 Å². The van der Waals surface area contributed by atoms with E-state index in [9.17, 15) is 9.59 Å². The van der Waals surface area contributed by atoms with Gasteiger partial charge in [0.15, 0.2) is 11.5 Å². The molecule has 3 heterocycles. The van der Waals surface area contributed by atoms with Gasteiger partial charge in [0.1, 0.15) is 11.3 Å². The van der Waals surface area contributed by atoms with Crippen molar-refractivity contribution in [2.45, 2.75) is 26.3 Å². The Labute approximate surface area is 206 Å². The summed E-state index contributed by atoms with van der Waals surface area (Å²) in [4.78, 5) is 26.9. The number of nitrogens with two attached hydrogens (primary N) is 1. The lowest BCUT2D eigenvalue weighted by molar-refractivity contribution is -0.139. The van der Waals surface area contributed by atoms with E-state index in [0.29, 0.717) is 27.8 Å². The number of aromatic nitrogens is 1. The van der Waals surface area contributed by atoms with E-state index in [4.69, 9.17) is 36.3 Å². The summed E-state index contributed by atoms with van der Waals surface area (Å²) in [7, 11) is 0. The minimum atomic E-state index is -0.859. The Balaban J connectivity index is 1.67. The van der Waals surface area contributed by atoms with Crippen LogP contribution in [0.2, 0.25) is 5.02 Å². The second-order valence-corrected chi connectivity index (χ2v) is 8.60. The van der Waals surface area contributed by atoms with Crippen molar-refractivity contribution in [1.82, 2.24) is 4.57 Å². The molecule has 5 rings (SSSR count). The van der Waals surface area contributed by atoms with Gasteiger partial charge in [0.05, 0.1) is 24.6 Å². The molecule has 0 spiro atoms. The summed E-state index contributed by atoms with van der Waals surface area (Å²) in [6.07, 6.45) is 0. The molecule has 1 atom stereocenters. The van der Waals surface area contributed by atoms with Gasteiger partial charge >= 0.3 is 5.97 Å². The van der Waals surface area contributed by atoms with Crippen LogP contribution in [0.15, 0.2) is 64.8 Å². The first-order chi connectivity index (χ1) is 16.9. The quantitative estimate of drug-likeness (QED) is 0.537. The Kier molecular flexibility index (Phi) is 5.90. The molecule has 3 aromatic rings. The van der Waals surface area contributed by atoms with Crippen molar-refractivity contribution >= 4 is 17.6 Å². The van der Waals surface area contributed by atoms with E-state index in [1.807, 2.05) is 25.1 Å². The molecule has 2 aromatic carbocycles. The van der Waals surface area contributed by atoms with Crippen molar-refractivity contribution in [2.75, 3.05) is 13.4 Å². The molecule has 0 saturated heterocycles. The first kappa shape index (κ1) is 22.9. The fourth-order valence-corrected chi connectivity index (χ4v) is 4.68. The van der Waals surface area contributed by atoms with Crippen LogP contribution in [-0.2, 0) is 16.1 Å². The number of hydrogen-bond acceptors (Lipinski definition) is 7. The summed E-state index contributed by atoms with van der Waals surface area (Å²) in [5, 5.41) is 0.391. The molecule has 1 aromatic heterocycles. The molecule has 0 aliphatic carbocycles. The lowest BCUT2D eigenvalue weighted by atomic mass is 9.83. The Hall–Kier alpha value is -3.91. The zero-order chi connectivity index (χ0) is 24.7. The van der Waals surface area contributed by atoms with Crippen LogP contribution in [0.1, 0.15) is 35.2 Å². The van der Waals surface area contributed by atoms with E-state index >= 15 is 0 Å². The fourth-order valence-electron chi connectivity index (χ4n) is 4.43. The number of carbonyl (C=O) groups is 1. The number of pyridine rings is 1. The van der Waals surface area contributed by atoms with Gasteiger partial charge in [-0.1, -0.05) is 35.9 Å². The predicted molar refractivity (Wildman–Crippen MR) is 129 cm³/mol. The monoisotopic (exact) mass is 494 g/mol. The predicted octanol–water partition coefficient (Wildman–Crippen LogP) is 3.84. The maximum atomic E-state index is 14.0. The van der Waals surface area contributed by atoms with Gasteiger partial charge in [-0.2, -0.15) is 0 Å². The largest absolute Gasteiger partial charge is 0.462 e. The Morgan fingerprint density at radius 2 is 1.91 bits per heavy atom. The maximum absolute atomic E-state index is 14.0. The van der Waals surface area contributed by atoms with Crippen LogP contribution < -0.4 is 25.5 Å². The summed E-state index contributed by atoms with van der Waals surface area (Å²) in [6, 6.07) is 14.3. The number of carbonyl (C=O) groups excluding carboxylic acids is 1. The summed E-state index contributed by atoms with van der Waals surface area (Å²) >= 11 is 6.54. The minimum absolute atomic E-state index is 0.0445. The number of fused-ring (bicyclic) bond motifs is 2. The molecule has 0 amide bonds. The molecule has 0 unspecified atom stereocenters. The summed E-state index contributed by atoms with van der Waals surface area (Å²) in [5.41, 5.74) is 8.26. The van der Waals surface area contributed by atoms with Gasteiger partial charge in [0, 0.05) is 16.8 Å². The lowest BCUT2D eigenvalue weighted by Gasteiger charge is -2.29. The maximum Gasteiger partial charge on any atom is 0.340 e. The topological polar surface area (TPSA) is 102 Å². The highest BCUT2D eigenvalue weighted by atomic mass is 35.5. The molecule has 8 nitrogen and oxygen atoms in total. The molecule has 180 valence electrons. The van der Waals surface area contributed by atoms with Gasteiger partial charge in [-0.05, 0) is 43.2 Å². The highest BCUT2D eigenvalue weighted by Crippen LogP contribution is 2.43. The van der Waals surface area contributed by atoms with Crippen LogP contribution in [0.4, 0.5) is 0 Å². The summed E-state index contributed by atoms with van der Waals surface area (Å²) < 4.78 is 23.5. The number of halogens is 1. The van der Waals surface area contributed by atoms with Gasteiger partial charge in [0.2, 0.25) is 12.7 Å². The second-order valence-electron chi connectivity index (χ2n) is 8.20. The molecule has 2 N–H and O–H groups in total. The summed E-state index contributed by atoms with van der Waals surface area (Å²) in [5.74, 6) is -0.0672. The molecule has 2 aliphatic heterocycles. The molecule has 0 radical (unpaired) electrons. The lowest BCUT2D eigenvalue weighted by Crippen LogP contribution is -2.35. The van der Waals surface area contributed by atoms with E-state index in [0.717, 1.165) is 5.56 Å². The second kappa shape index (κ2) is 9.03. The van der Waals surface area contributed by atoms with Crippen molar-refractivity contribution in [3.63, 3.8) is 0 Å². The Morgan fingerprint density at radius 3 is 2.69 bits per heavy atom. The third-order valence-corrected chi connectivity index (χ3v) is 6.40. The highest BCUT2D eigenvalue weighted by Gasteiger charge is 2.39. The van der Waals surface area contributed by atoms with E-state index in [1.165, 1.54) is 0 Å². The smallest absolute Gasteiger partial charge is 0.340 e. The zero-order valence-corrected chi connectivity index (χ0v) is 19.9. The van der Waals surface area contributed by atoms with E-state index in [1.54, 1.807) is 41.8 Å². The number of aryl methyl sites for hydroxylation is 1. The third kappa shape index (κ3) is 4.00. The van der Waals surface area contributed by atoms with Gasteiger partial charge < -0.3 is 29.2 Å². The van der Waals surface area contributed by atoms with Gasteiger partial charge in [0.25, 0.3) is 5.56 Å². The summed E-state index contributed by atoms with van der Waals surface area (Å²) in [6.45, 7) is 4.08. The van der Waals surface area contributed by atoms with Crippen molar-refractivity contribution in [1.29, 1.82) is 0 Å². The molecule has 2 aliphatic rings. The van der Waals surface area contributed by atoms with Crippen molar-refractivity contribution < 1.29 is 23.7 Å². The van der Waals surface area contributed by atoms with Crippen molar-refractivity contribution in [2.24, 2.45) is 5.73 Å². The number of benzene rings is 2. The van der Waals surface area contributed by atoms with Crippen LogP contribution in [0, 0.1) is 6.92 Å². The van der Waals surface area contributed by atoms with Crippen LogP contribution >= 0.6 is 11.6 Å². The zero-order valence-electron chi connectivity index (χ0n) is 19.2. The molecule has 35 heavy (non-hydrogen) atoms.